The second-order valence-corrected chi connectivity index (χ2v) is 9.60. The Morgan fingerprint density at radius 3 is 2.47 bits per heavy atom. The lowest BCUT2D eigenvalue weighted by atomic mass is 9.78. The number of esters is 1. The van der Waals surface area contributed by atoms with E-state index in [1.807, 2.05) is 25.3 Å². The summed E-state index contributed by atoms with van der Waals surface area (Å²) in [4.78, 5) is 42.0. The third kappa shape index (κ3) is 3.73. The summed E-state index contributed by atoms with van der Waals surface area (Å²) in [6.07, 6.45) is 2.23. The number of benzene rings is 2. The molecule has 2 aromatic rings. The van der Waals surface area contributed by atoms with E-state index < -0.39 is 35.3 Å². The largest absolute Gasteiger partial charge is 0.504 e. The van der Waals surface area contributed by atoms with Crippen molar-refractivity contribution in [2.45, 2.75) is 24.9 Å². The highest BCUT2D eigenvalue weighted by Crippen LogP contribution is 2.52. The van der Waals surface area contributed by atoms with Gasteiger partial charge in [0.05, 0.1) is 31.7 Å². The van der Waals surface area contributed by atoms with Crippen LogP contribution in [0.3, 0.4) is 0 Å². The second-order valence-electron chi connectivity index (χ2n) is 8.61. The summed E-state index contributed by atoms with van der Waals surface area (Å²) >= 11 is 1.54. The van der Waals surface area contributed by atoms with Gasteiger partial charge in [0.25, 0.3) is 0 Å². The molecule has 0 unspecified atom stereocenters. The third-order valence-corrected chi connectivity index (χ3v) is 7.37. The monoisotopic (exact) mass is 484 g/mol. The van der Waals surface area contributed by atoms with Crippen LogP contribution in [0, 0.1) is 18.8 Å². The van der Waals surface area contributed by atoms with Crippen LogP contribution in [0.1, 0.15) is 23.6 Å². The van der Waals surface area contributed by atoms with Gasteiger partial charge in [-0.25, -0.2) is 4.90 Å². The van der Waals surface area contributed by atoms with Crippen molar-refractivity contribution in [3.63, 3.8) is 0 Å². The molecule has 0 aliphatic carbocycles. The van der Waals surface area contributed by atoms with Gasteiger partial charge < -0.3 is 14.6 Å². The van der Waals surface area contributed by atoms with Crippen molar-refractivity contribution in [3.05, 3.63) is 53.6 Å². The predicted molar refractivity (Wildman–Crippen MR) is 129 cm³/mol. The number of aromatic hydroxyl groups is 1. The van der Waals surface area contributed by atoms with E-state index in [4.69, 9.17) is 9.47 Å². The Bertz CT molecular complexity index is 1120. The molecule has 2 aliphatic rings. The average Bonchev–Trinajstić information content (AvgIpc) is 3.32. The molecule has 9 heteroatoms. The number of ether oxygens (including phenoxy) is 2. The molecule has 0 radical (unpaired) electrons. The zero-order valence-electron chi connectivity index (χ0n) is 19.5. The maximum absolute atomic E-state index is 13.8. The number of carbonyl (C=O) groups excluding carboxylic acids is 3. The van der Waals surface area contributed by atoms with Crippen molar-refractivity contribution in [2.24, 2.45) is 11.8 Å². The fourth-order valence-electron chi connectivity index (χ4n) is 5.09. The molecule has 2 saturated heterocycles. The summed E-state index contributed by atoms with van der Waals surface area (Å²) in [7, 11) is 2.72. The Hall–Kier alpha value is -3.04. The van der Waals surface area contributed by atoms with Crippen molar-refractivity contribution in [2.75, 3.05) is 31.1 Å². The molecule has 34 heavy (non-hydrogen) atoms. The van der Waals surface area contributed by atoms with Gasteiger partial charge in [-0.2, -0.15) is 11.8 Å². The topological polar surface area (TPSA) is 105 Å². The summed E-state index contributed by atoms with van der Waals surface area (Å²) in [6, 6.07) is 11.3. The molecular weight excluding hydrogens is 456 g/mol. The molecule has 4 atom stereocenters. The maximum Gasteiger partial charge on any atom is 0.326 e. The number of imide groups is 1. The molecule has 2 aromatic carbocycles. The van der Waals surface area contributed by atoms with E-state index in [1.165, 1.54) is 25.2 Å². The number of methoxy groups -OCH3 is 2. The number of aryl methyl sites for hydroxylation is 1. The van der Waals surface area contributed by atoms with Crippen LogP contribution >= 0.6 is 11.8 Å². The van der Waals surface area contributed by atoms with Crippen molar-refractivity contribution in [1.82, 2.24) is 5.32 Å². The molecule has 0 bridgehead atoms. The molecular formula is C25H28N2O6S. The first-order valence-electron chi connectivity index (χ1n) is 11.0. The van der Waals surface area contributed by atoms with Crippen LogP contribution in [0.25, 0.3) is 0 Å². The normalized spacial score (nSPS) is 26.0. The molecule has 8 nitrogen and oxygen atoms in total. The van der Waals surface area contributed by atoms with Crippen LogP contribution in [-0.2, 0) is 19.1 Å². The molecule has 0 aromatic heterocycles. The fourth-order valence-corrected chi connectivity index (χ4v) is 5.62. The number of carbonyl (C=O) groups is 3. The molecule has 2 heterocycles. The number of hydrogen-bond donors (Lipinski definition) is 2. The minimum Gasteiger partial charge on any atom is -0.504 e. The van der Waals surface area contributed by atoms with Crippen LogP contribution < -0.4 is 15.0 Å². The van der Waals surface area contributed by atoms with Gasteiger partial charge in [-0.1, -0.05) is 23.8 Å². The minimum absolute atomic E-state index is 0.0440. The lowest BCUT2D eigenvalue weighted by Gasteiger charge is -2.32. The number of amides is 2. The number of nitrogens with zero attached hydrogens (tertiary/aromatic N) is 1. The van der Waals surface area contributed by atoms with Gasteiger partial charge in [0, 0.05) is 6.04 Å². The van der Waals surface area contributed by atoms with Crippen molar-refractivity contribution in [3.8, 4) is 11.5 Å². The lowest BCUT2D eigenvalue weighted by molar-refractivity contribution is -0.152. The van der Waals surface area contributed by atoms with E-state index in [1.54, 1.807) is 36.0 Å². The first-order valence-corrected chi connectivity index (χ1v) is 12.3. The van der Waals surface area contributed by atoms with E-state index in [-0.39, 0.29) is 17.4 Å². The SMILES string of the molecule is COC(=O)[C@]1(CCSC)N[C@@H](c2ccc(O)c(OC)c2)[C@H]2C(=O)N(c3ccc(C)cc3)C(=O)[C@H]21. The van der Waals surface area contributed by atoms with E-state index >= 15 is 0 Å². The van der Waals surface area contributed by atoms with Crippen LogP contribution in [0.5, 0.6) is 11.5 Å². The van der Waals surface area contributed by atoms with Gasteiger partial charge in [-0.05, 0) is 55.2 Å². The highest BCUT2D eigenvalue weighted by atomic mass is 32.2. The number of thioether (sulfide) groups is 1. The number of nitrogens with one attached hydrogen (secondary N) is 1. The van der Waals surface area contributed by atoms with E-state index in [0.717, 1.165) is 5.56 Å². The number of rotatable bonds is 7. The Morgan fingerprint density at radius 1 is 1.15 bits per heavy atom. The molecule has 0 spiro atoms. The maximum atomic E-state index is 13.8. The van der Waals surface area contributed by atoms with Gasteiger partial charge >= 0.3 is 5.97 Å². The summed E-state index contributed by atoms with van der Waals surface area (Å²) in [5, 5.41) is 13.4. The van der Waals surface area contributed by atoms with E-state index in [9.17, 15) is 19.5 Å². The Kier molecular flexibility index (Phi) is 6.60. The summed E-state index contributed by atoms with van der Waals surface area (Å²) in [5.74, 6) is -2.36. The van der Waals surface area contributed by atoms with Crippen LogP contribution in [0.15, 0.2) is 42.5 Å². The first-order chi connectivity index (χ1) is 16.3. The van der Waals surface area contributed by atoms with Crippen molar-refractivity contribution < 1.29 is 29.0 Å². The van der Waals surface area contributed by atoms with E-state index in [2.05, 4.69) is 5.32 Å². The second kappa shape index (κ2) is 9.31. The highest BCUT2D eigenvalue weighted by molar-refractivity contribution is 7.98. The first kappa shape index (κ1) is 24.1. The number of fused-ring (bicyclic) bond motifs is 1. The van der Waals surface area contributed by atoms with Gasteiger partial charge in [-0.3, -0.25) is 19.7 Å². The van der Waals surface area contributed by atoms with Gasteiger partial charge in [-0.15, -0.1) is 0 Å². The zero-order valence-corrected chi connectivity index (χ0v) is 20.3. The molecule has 180 valence electrons. The molecule has 2 N–H and O–H groups in total. The van der Waals surface area contributed by atoms with Crippen molar-refractivity contribution >= 4 is 35.2 Å². The number of hydrogen-bond acceptors (Lipinski definition) is 8. The molecule has 4 rings (SSSR count). The standard InChI is InChI=1S/C25H28N2O6S/c1-14-5-8-16(9-6-14)27-22(29)19-20(23(27)30)25(11-12-34-4,24(31)33-3)26-21(19)15-7-10-17(28)18(13-15)32-2/h5-10,13,19-21,26,28H,11-12H2,1-4H3/t19-,20-,21-,25+/m0/s1. The molecule has 0 saturated carbocycles. The highest BCUT2D eigenvalue weighted by Gasteiger charge is 2.68. The third-order valence-electron chi connectivity index (χ3n) is 6.76. The Labute approximate surface area is 202 Å². The van der Waals surface area contributed by atoms with Crippen LogP contribution in [0.2, 0.25) is 0 Å². The molecule has 2 aliphatic heterocycles. The fraction of sp³-hybridized carbons (Fsp3) is 0.400. The average molecular weight is 485 g/mol. The number of anilines is 1. The molecule has 2 fully saturated rings. The van der Waals surface area contributed by atoms with Gasteiger partial charge in [0.2, 0.25) is 11.8 Å². The Morgan fingerprint density at radius 2 is 1.85 bits per heavy atom. The van der Waals surface area contributed by atoms with Gasteiger partial charge in [0.15, 0.2) is 11.5 Å². The molecule has 2 amide bonds. The van der Waals surface area contributed by atoms with Gasteiger partial charge in [0.1, 0.15) is 5.54 Å². The quantitative estimate of drug-likeness (QED) is 0.457. The summed E-state index contributed by atoms with van der Waals surface area (Å²) in [6.45, 7) is 1.93. The van der Waals surface area contributed by atoms with Crippen LogP contribution in [-0.4, -0.2) is 54.7 Å². The number of phenols is 1. The predicted octanol–water partition coefficient (Wildman–Crippen LogP) is 2.82. The minimum atomic E-state index is -1.37. The zero-order chi connectivity index (χ0) is 24.6. The number of phenolic OH excluding ortho intramolecular Hbond substituents is 1. The van der Waals surface area contributed by atoms with E-state index in [0.29, 0.717) is 23.4 Å². The summed E-state index contributed by atoms with van der Waals surface area (Å²) < 4.78 is 10.4. The Balaban J connectivity index is 1.87. The summed E-state index contributed by atoms with van der Waals surface area (Å²) in [5.41, 5.74) is 0.736. The van der Waals surface area contributed by atoms with Crippen molar-refractivity contribution in [1.29, 1.82) is 0 Å². The van der Waals surface area contributed by atoms with Crippen LogP contribution in [0.4, 0.5) is 5.69 Å². The lowest BCUT2D eigenvalue weighted by Crippen LogP contribution is -2.56. The smallest absolute Gasteiger partial charge is 0.326 e.